The molecule has 0 amide bonds. The smallest absolute Gasteiger partial charge is 0.239 e. The highest BCUT2D eigenvalue weighted by molar-refractivity contribution is 7.25. The van der Waals surface area contributed by atoms with Crippen LogP contribution in [0.25, 0.3) is 31.2 Å². The lowest BCUT2D eigenvalue weighted by Gasteiger charge is -1.97. The second kappa shape index (κ2) is 2.95. The van der Waals surface area contributed by atoms with Gasteiger partial charge in [-0.25, -0.2) is 9.97 Å². The van der Waals surface area contributed by atoms with Gasteiger partial charge in [0.15, 0.2) is 5.52 Å². The van der Waals surface area contributed by atoms with E-state index in [0.29, 0.717) is 5.82 Å². The summed E-state index contributed by atoms with van der Waals surface area (Å²) in [5.74, 6) is 0.605. The van der Waals surface area contributed by atoms with Gasteiger partial charge in [0.25, 0.3) is 0 Å². The van der Waals surface area contributed by atoms with Crippen LogP contribution in [0.5, 0.6) is 0 Å². The van der Waals surface area contributed by atoms with Crippen LogP contribution in [0.15, 0.2) is 30.7 Å². The average Bonchev–Trinajstić information content (AvgIpc) is 2.90. The standard InChI is InChI=1S/C12H8N4S/c13-11-7-3-1-2-6(7)9-10-8(4-14-5-15-10)17-12(9)16-11/h1-5H,13H2,(H,14,15)/p+1. The summed E-state index contributed by atoms with van der Waals surface area (Å²) < 4.78 is 1.16. The minimum atomic E-state index is 0.605. The number of nitrogen functional groups attached to an aromatic ring is 1. The number of thiophene rings is 1. The first-order valence-electron chi connectivity index (χ1n) is 5.29. The zero-order chi connectivity index (χ0) is 11.4. The SMILES string of the molecule is Nc1nc2sc3c[nH+]c[nH]c3c2c2cccc12. The summed E-state index contributed by atoms with van der Waals surface area (Å²) in [6.45, 7) is 0. The summed E-state index contributed by atoms with van der Waals surface area (Å²) in [6, 6.07) is 6.11. The van der Waals surface area contributed by atoms with Gasteiger partial charge in [-0.2, -0.15) is 0 Å². The molecule has 0 saturated heterocycles. The van der Waals surface area contributed by atoms with Crippen LogP contribution < -0.4 is 10.7 Å². The first kappa shape index (κ1) is 8.95. The van der Waals surface area contributed by atoms with Crippen LogP contribution in [0.3, 0.4) is 0 Å². The lowest BCUT2D eigenvalue weighted by atomic mass is 10.2. The van der Waals surface area contributed by atoms with Crippen molar-refractivity contribution in [3.05, 3.63) is 30.7 Å². The highest BCUT2D eigenvalue weighted by atomic mass is 32.1. The first-order valence-corrected chi connectivity index (χ1v) is 6.11. The Hall–Kier alpha value is -2.14. The second-order valence-electron chi connectivity index (χ2n) is 3.97. The molecule has 0 aliphatic heterocycles. The Balaban J connectivity index is 2.41. The summed E-state index contributed by atoms with van der Waals surface area (Å²) in [6.07, 6.45) is 3.79. The Bertz CT molecular complexity index is 859. The van der Waals surface area contributed by atoms with Crippen LogP contribution in [0, 0.1) is 0 Å². The summed E-state index contributed by atoms with van der Waals surface area (Å²) in [5.41, 5.74) is 7.08. The Morgan fingerprint density at radius 3 is 3.12 bits per heavy atom. The molecule has 0 saturated carbocycles. The van der Waals surface area contributed by atoms with Gasteiger partial charge in [-0.1, -0.05) is 18.2 Å². The van der Waals surface area contributed by atoms with Gasteiger partial charge in [0, 0.05) is 5.39 Å². The molecule has 0 aliphatic rings. The van der Waals surface area contributed by atoms with Crippen LogP contribution >= 0.6 is 11.3 Å². The van der Waals surface area contributed by atoms with Crippen LogP contribution in [-0.4, -0.2) is 9.97 Å². The van der Waals surface area contributed by atoms with E-state index in [1.165, 1.54) is 5.39 Å². The Labute approximate surface area is 100 Å². The van der Waals surface area contributed by atoms with E-state index in [1.807, 2.05) is 24.7 Å². The molecular weight excluding hydrogens is 232 g/mol. The van der Waals surface area contributed by atoms with Crippen molar-refractivity contribution in [1.29, 1.82) is 0 Å². The molecule has 0 spiro atoms. The number of pyridine rings is 1. The minimum absolute atomic E-state index is 0.605. The van der Waals surface area contributed by atoms with E-state index in [-0.39, 0.29) is 0 Å². The molecule has 4 rings (SSSR count). The number of hydrogen-bond donors (Lipinski definition) is 2. The number of nitrogens with two attached hydrogens (primary N) is 1. The molecule has 3 heterocycles. The van der Waals surface area contributed by atoms with Gasteiger partial charge in [-0.3, -0.25) is 4.98 Å². The van der Waals surface area contributed by atoms with Gasteiger partial charge < -0.3 is 5.73 Å². The maximum absolute atomic E-state index is 5.97. The molecule has 5 heteroatoms. The third-order valence-electron chi connectivity index (χ3n) is 3.01. The van der Waals surface area contributed by atoms with E-state index in [4.69, 9.17) is 5.73 Å². The fourth-order valence-electron chi connectivity index (χ4n) is 2.27. The maximum Gasteiger partial charge on any atom is 0.239 e. The largest absolute Gasteiger partial charge is 0.383 e. The van der Waals surface area contributed by atoms with Crippen LogP contribution in [0.4, 0.5) is 5.82 Å². The molecule has 4 N–H and O–H groups in total. The van der Waals surface area contributed by atoms with Crippen molar-refractivity contribution in [3.63, 3.8) is 0 Å². The summed E-state index contributed by atoms with van der Waals surface area (Å²) in [5, 5.41) is 3.35. The number of H-pyrrole nitrogens is 2. The molecule has 17 heavy (non-hydrogen) atoms. The van der Waals surface area contributed by atoms with Crippen molar-refractivity contribution in [2.24, 2.45) is 0 Å². The van der Waals surface area contributed by atoms with Gasteiger partial charge in [0.1, 0.15) is 21.5 Å². The van der Waals surface area contributed by atoms with E-state index >= 15 is 0 Å². The predicted octanol–water partition coefficient (Wildman–Crippen LogP) is 2.33. The number of anilines is 1. The fourth-order valence-corrected chi connectivity index (χ4v) is 3.33. The number of fused-ring (bicyclic) bond motifs is 5. The molecule has 0 aliphatic carbocycles. The van der Waals surface area contributed by atoms with Gasteiger partial charge in [-0.05, 0) is 5.39 Å². The Kier molecular flexibility index (Phi) is 1.55. The fraction of sp³-hybridized carbons (Fsp3) is 0. The normalized spacial score (nSPS) is 11.8. The molecule has 0 radical (unpaired) electrons. The topological polar surface area (TPSA) is 68.8 Å². The maximum atomic E-state index is 5.97. The molecule has 4 aromatic rings. The molecule has 3 aromatic heterocycles. The number of nitrogens with zero attached hydrogens (tertiary/aromatic N) is 1. The predicted molar refractivity (Wildman–Crippen MR) is 70.0 cm³/mol. The molecule has 4 nitrogen and oxygen atoms in total. The quantitative estimate of drug-likeness (QED) is 0.496. The average molecular weight is 241 g/mol. The van der Waals surface area contributed by atoms with Crippen LogP contribution in [-0.2, 0) is 0 Å². The third kappa shape index (κ3) is 1.06. The summed E-state index contributed by atoms with van der Waals surface area (Å²) >= 11 is 1.64. The minimum Gasteiger partial charge on any atom is -0.383 e. The van der Waals surface area contributed by atoms with Crippen molar-refractivity contribution < 1.29 is 4.98 Å². The van der Waals surface area contributed by atoms with Gasteiger partial charge in [0.05, 0.1) is 5.39 Å². The molecule has 1 aromatic carbocycles. The number of nitrogens with one attached hydrogen (secondary N) is 2. The molecule has 0 atom stereocenters. The van der Waals surface area contributed by atoms with E-state index < -0.39 is 0 Å². The van der Waals surface area contributed by atoms with Gasteiger partial charge in [-0.15, -0.1) is 11.3 Å². The molecule has 0 bridgehead atoms. The van der Waals surface area contributed by atoms with Crippen molar-refractivity contribution in [2.45, 2.75) is 0 Å². The lowest BCUT2D eigenvalue weighted by molar-refractivity contribution is -0.380. The lowest BCUT2D eigenvalue weighted by Crippen LogP contribution is -1.98. The second-order valence-corrected chi connectivity index (χ2v) is 5.00. The van der Waals surface area contributed by atoms with Crippen molar-refractivity contribution in [1.82, 2.24) is 9.97 Å². The highest BCUT2D eigenvalue weighted by Crippen LogP contribution is 2.37. The monoisotopic (exact) mass is 241 g/mol. The Morgan fingerprint density at radius 2 is 2.18 bits per heavy atom. The third-order valence-corrected chi connectivity index (χ3v) is 4.05. The number of rotatable bonds is 0. The van der Waals surface area contributed by atoms with Gasteiger partial charge >= 0.3 is 0 Å². The number of hydrogen-bond acceptors (Lipinski definition) is 3. The van der Waals surface area contributed by atoms with Crippen molar-refractivity contribution >= 4 is 48.4 Å². The van der Waals surface area contributed by atoms with E-state index in [2.05, 4.69) is 21.0 Å². The zero-order valence-corrected chi connectivity index (χ0v) is 9.64. The van der Waals surface area contributed by atoms with Crippen LogP contribution in [0.2, 0.25) is 0 Å². The number of aromatic amines is 2. The number of aromatic nitrogens is 3. The summed E-state index contributed by atoms with van der Waals surface area (Å²) in [7, 11) is 0. The van der Waals surface area contributed by atoms with E-state index in [1.54, 1.807) is 11.3 Å². The first-order chi connectivity index (χ1) is 8.34. The Morgan fingerprint density at radius 1 is 1.29 bits per heavy atom. The molecular formula is C12H9N4S+. The summed E-state index contributed by atoms with van der Waals surface area (Å²) in [4.78, 5) is 11.8. The van der Waals surface area contributed by atoms with Crippen molar-refractivity contribution in [3.8, 4) is 0 Å². The van der Waals surface area contributed by atoms with E-state index in [0.717, 1.165) is 25.8 Å². The molecule has 0 unspecified atom stereocenters. The highest BCUT2D eigenvalue weighted by Gasteiger charge is 2.15. The van der Waals surface area contributed by atoms with Crippen LogP contribution in [0.1, 0.15) is 0 Å². The zero-order valence-electron chi connectivity index (χ0n) is 8.82. The van der Waals surface area contributed by atoms with Crippen molar-refractivity contribution in [2.75, 3.05) is 5.73 Å². The van der Waals surface area contributed by atoms with Gasteiger partial charge in [0.2, 0.25) is 6.33 Å². The molecule has 82 valence electrons. The molecule has 0 fully saturated rings. The van der Waals surface area contributed by atoms with E-state index in [9.17, 15) is 0 Å².